The van der Waals surface area contributed by atoms with Crippen molar-refractivity contribution in [3.8, 4) is 6.07 Å². The van der Waals surface area contributed by atoms with E-state index in [1.54, 1.807) is 0 Å². The van der Waals surface area contributed by atoms with Gasteiger partial charge >= 0.3 is 0 Å². The predicted molar refractivity (Wildman–Crippen MR) is 58.9 cm³/mol. The van der Waals surface area contributed by atoms with E-state index in [9.17, 15) is 5.26 Å². The van der Waals surface area contributed by atoms with Crippen LogP contribution in [0.15, 0.2) is 0 Å². The Morgan fingerprint density at radius 1 is 1.07 bits per heavy atom. The first-order valence-corrected chi connectivity index (χ1v) is 5.68. The zero-order chi connectivity index (χ0) is 10.7. The standard InChI is InChI=1S/C12H22N2/c1-11(2,3)14-12(10-13)8-6-4-5-7-9-12/h14H,4-9H2,1-3H3. The lowest BCUT2D eigenvalue weighted by Crippen LogP contribution is -2.53. The van der Waals surface area contributed by atoms with E-state index >= 15 is 0 Å². The summed E-state index contributed by atoms with van der Waals surface area (Å²) >= 11 is 0. The number of nitrogens with zero attached hydrogens (tertiary/aromatic N) is 1. The topological polar surface area (TPSA) is 35.8 Å². The van der Waals surface area contributed by atoms with Crippen LogP contribution in [0.4, 0.5) is 0 Å². The molecule has 1 saturated carbocycles. The molecule has 0 saturated heterocycles. The molecule has 1 aliphatic carbocycles. The minimum Gasteiger partial charge on any atom is -0.295 e. The smallest absolute Gasteiger partial charge is 0.107 e. The van der Waals surface area contributed by atoms with E-state index in [0.717, 1.165) is 12.8 Å². The van der Waals surface area contributed by atoms with E-state index in [1.807, 2.05) is 0 Å². The average Bonchev–Trinajstić information content (AvgIpc) is 2.28. The molecule has 0 aliphatic heterocycles. The fourth-order valence-corrected chi connectivity index (χ4v) is 2.31. The van der Waals surface area contributed by atoms with Crippen molar-refractivity contribution in [3.05, 3.63) is 0 Å². The quantitative estimate of drug-likeness (QED) is 0.651. The SMILES string of the molecule is CC(C)(C)NC1(C#N)CCCCCC1. The van der Waals surface area contributed by atoms with Crippen molar-refractivity contribution in [3.63, 3.8) is 0 Å². The molecule has 0 bridgehead atoms. The zero-order valence-electron chi connectivity index (χ0n) is 9.69. The lowest BCUT2D eigenvalue weighted by molar-refractivity contribution is 0.273. The predicted octanol–water partition coefficient (Wildman–Crippen LogP) is 2.99. The van der Waals surface area contributed by atoms with Crippen LogP contribution in [0, 0.1) is 11.3 Å². The summed E-state index contributed by atoms with van der Waals surface area (Å²) < 4.78 is 0. The number of hydrogen-bond acceptors (Lipinski definition) is 2. The monoisotopic (exact) mass is 194 g/mol. The normalized spacial score (nSPS) is 22.4. The molecule has 0 radical (unpaired) electrons. The summed E-state index contributed by atoms with van der Waals surface area (Å²) in [6, 6.07) is 2.50. The van der Waals surface area contributed by atoms with Crippen LogP contribution < -0.4 is 5.32 Å². The van der Waals surface area contributed by atoms with Gasteiger partial charge in [-0.15, -0.1) is 0 Å². The molecule has 2 heteroatoms. The first-order valence-electron chi connectivity index (χ1n) is 5.68. The van der Waals surface area contributed by atoms with Gasteiger partial charge in [-0.3, -0.25) is 5.32 Å². The molecule has 0 aromatic heterocycles. The minimum atomic E-state index is -0.255. The van der Waals surface area contributed by atoms with E-state index in [1.165, 1.54) is 25.7 Å². The molecule has 0 aromatic carbocycles. The molecule has 1 fully saturated rings. The van der Waals surface area contributed by atoms with E-state index < -0.39 is 0 Å². The highest BCUT2D eigenvalue weighted by molar-refractivity contribution is 5.09. The number of hydrogen-bond donors (Lipinski definition) is 1. The second-order valence-electron chi connectivity index (χ2n) is 5.48. The Morgan fingerprint density at radius 2 is 1.57 bits per heavy atom. The van der Waals surface area contributed by atoms with Gasteiger partial charge in [0.15, 0.2) is 0 Å². The summed E-state index contributed by atoms with van der Waals surface area (Å²) in [4.78, 5) is 0. The maximum absolute atomic E-state index is 9.32. The number of rotatable bonds is 1. The highest BCUT2D eigenvalue weighted by Gasteiger charge is 2.33. The van der Waals surface area contributed by atoms with Gasteiger partial charge in [0.1, 0.15) is 5.54 Å². The molecule has 2 nitrogen and oxygen atoms in total. The first-order chi connectivity index (χ1) is 6.47. The molecule has 0 spiro atoms. The van der Waals surface area contributed by atoms with E-state index in [-0.39, 0.29) is 11.1 Å². The van der Waals surface area contributed by atoms with Crippen molar-refractivity contribution < 1.29 is 0 Å². The fraction of sp³-hybridized carbons (Fsp3) is 0.917. The zero-order valence-corrected chi connectivity index (χ0v) is 9.69. The molecule has 0 atom stereocenters. The maximum atomic E-state index is 9.32. The van der Waals surface area contributed by atoms with Gasteiger partial charge in [0.2, 0.25) is 0 Å². The third kappa shape index (κ3) is 3.31. The summed E-state index contributed by atoms with van der Waals surface area (Å²) in [5, 5.41) is 12.8. The fourth-order valence-electron chi connectivity index (χ4n) is 2.31. The van der Waals surface area contributed by atoms with E-state index in [2.05, 4.69) is 32.2 Å². The van der Waals surface area contributed by atoms with Gasteiger partial charge in [-0.05, 0) is 33.6 Å². The molecular formula is C12H22N2. The van der Waals surface area contributed by atoms with Crippen LogP contribution in [0.2, 0.25) is 0 Å². The van der Waals surface area contributed by atoms with Gasteiger partial charge in [0.05, 0.1) is 6.07 Å². The number of nitriles is 1. The highest BCUT2D eigenvalue weighted by atomic mass is 15.0. The molecule has 1 N–H and O–H groups in total. The van der Waals surface area contributed by atoms with Crippen LogP contribution >= 0.6 is 0 Å². The Morgan fingerprint density at radius 3 is 1.93 bits per heavy atom. The Balaban J connectivity index is 2.69. The second-order valence-corrected chi connectivity index (χ2v) is 5.48. The third-order valence-electron chi connectivity index (χ3n) is 2.79. The van der Waals surface area contributed by atoms with Gasteiger partial charge in [-0.1, -0.05) is 25.7 Å². The van der Waals surface area contributed by atoms with Crippen molar-refractivity contribution in [1.82, 2.24) is 5.32 Å². The molecule has 14 heavy (non-hydrogen) atoms. The Kier molecular flexibility index (Phi) is 3.55. The van der Waals surface area contributed by atoms with Gasteiger partial charge < -0.3 is 0 Å². The van der Waals surface area contributed by atoms with Crippen LogP contribution in [0.25, 0.3) is 0 Å². The Hall–Kier alpha value is -0.550. The largest absolute Gasteiger partial charge is 0.295 e. The second kappa shape index (κ2) is 4.31. The van der Waals surface area contributed by atoms with Gasteiger partial charge in [-0.2, -0.15) is 5.26 Å². The summed E-state index contributed by atoms with van der Waals surface area (Å²) in [5.74, 6) is 0. The van der Waals surface area contributed by atoms with Crippen molar-refractivity contribution >= 4 is 0 Å². The Bertz CT molecular complexity index is 211. The van der Waals surface area contributed by atoms with Crippen molar-refractivity contribution in [2.45, 2.75) is 70.4 Å². The van der Waals surface area contributed by atoms with Crippen LogP contribution in [-0.2, 0) is 0 Å². The summed E-state index contributed by atoms with van der Waals surface area (Å²) in [6.07, 6.45) is 6.99. The Labute approximate surface area is 87.7 Å². The lowest BCUT2D eigenvalue weighted by Gasteiger charge is -2.34. The van der Waals surface area contributed by atoms with Crippen molar-refractivity contribution in [2.75, 3.05) is 0 Å². The van der Waals surface area contributed by atoms with Gasteiger partial charge in [0, 0.05) is 5.54 Å². The van der Waals surface area contributed by atoms with Crippen LogP contribution in [0.5, 0.6) is 0 Å². The van der Waals surface area contributed by atoms with Crippen molar-refractivity contribution in [1.29, 1.82) is 5.26 Å². The molecule has 0 aromatic rings. The van der Waals surface area contributed by atoms with E-state index in [0.29, 0.717) is 0 Å². The third-order valence-corrected chi connectivity index (χ3v) is 2.79. The highest BCUT2D eigenvalue weighted by Crippen LogP contribution is 2.28. The summed E-state index contributed by atoms with van der Waals surface area (Å²) in [7, 11) is 0. The minimum absolute atomic E-state index is 0.0417. The molecule has 1 rings (SSSR count). The van der Waals surface area contributed by atoms with Crippen LogP contribution in [-0.4, -0.2) is 11.1 Å². The molecule has 80 valence electrons. The van der Waals surface area contributed by atoms with Crippen LogP contribution in [0.1, 0.15) is 59.3 Å². The molecule has 0 heterocycles. The average molecular weight is 194 g/mol. The number of nitrogens with one attached hydrogen (secondary N) is 1. The first kappa shape index (κ1) is 11.5. The molecule has 0 amide bonds. The van der Waals surface area contributed by atoms with Crippen LogP contribution in [0.3, 0.4) is 0 Å². The summed E-state index contributed by atoms with van der Waals surface area (Å²) in [6.45, 7) is 6.41. The molecule has 1 aliphatic rings. The molecular weight excluding hydrogens is 172 g/mol. The lowest BCUT2D eigenvalue weighted by atomic mass is 9.89. The maximum Gasteiger partial charge on any atom is 0.107 e. The van der Waals surface area contributed by atoms with Gasteiger partial charge in [0.25, 0.3) is 0 Å². The van der Waals surface area contributed by atoms with Gasteiger partial charge in [-0.25, -0.2) is 0 Å². The molecule has 0 unspecified atom stereocenters. The summed E-state index contributed by atoms with van der Waals surface area (Å²) in [5.41, 5.74) is -0.213. The van der Waals surface area contributed by atoms with E-state index in [4.69, 9.17) is 0 Å². The van der Waals surface area contributed by atoms with Crippen molar-refractivity contribution in [2.24, 2.45) is 0 Å².